The van der Waals surface area contributed by atoms with Gasteiger partial charge in [0.15, 0.2) is 8.32 Å². The average Bonchev–Trinajstić information content (AvgIpc) is 2.84. The Morgan fingerprint density at radius 1 is 1.45 bits per heavy atom. The molecule has 1 heterocycles. The molecule has 0 radical (unpaired) electrons. The van der Waals surface area contributed by atoms with Gasteiger partial charge in [0, 0.05) is 16.7 Å². The number of allylic oxidation sites excluding steroid dienone is 2. The third-order valence-electron chi connectivity index (χ3n) is 4.00. The highest BCUT2D eigenvalue weighted by molar-refractivity contribution is 7.10. The molecule has 0 atom stereocenters. The molecule has 1 aromatic heterocycles. The maximum Gasteiger partial charge on any atom is 0.192 e. The van der Waals surface area contributed by atoms with E-state index >= 15 is 0 Å². The molecule has 0 aliphatic carbocycles. The van der Waals surface area contributed by atoms with E-state index < -0.39 is 8.32 Å². The van der Waals surface area contributed by atoms with Gasteiger partial charge < -0.3 is 10.2 Å². The summed E-state index contributed by atoms with van der Waals surface area (Å²) >= 11 is 1.71. The molecule has 0 bridgehead atoms. The van der Waals surface area contributed by atoms with E-state index in [-0.39, 0.29) is 5.04 Å². The van der Waals surface area contributed by atoms with Gasteiger partial charge in [-0.25, -0.2) is 4.99 Å². The second kappa shape index (κ2) is 7.40. The van der Waals surface area contributed by atoms with Crippen LogP contribution in [-0.4, -0.2) is 14.2 Å². The number of nitrogens with zero attached hydrogens (tertiary/aromatic N) is 1. The van der Waals surface area contributed by atoms with Crippen molar-refractivity contribution in [1.82, 2.24) is 0 Å². The Morgan fingerprint density at radius 2 is 2.09 bits per heavy atom. The largest absolute Gasteiger partial charge is 0.412 e. The Balaban J connectivity index is 2.83. The van der Waals surface area contributed by atoms with Crippen LogP contribution in [0.5, 0.6) is 0 Å². The first-order valence-electron chi connectivity index (χ1n) is 7.41. The lowest BCUT2D eigenvalue weighted by Crippen LogP contribution is -2.40. The van der Waals surface area contributed by atoms with Gasteiger partial charge in [0.2, 0.25) is 0 Å². The number of rotatable bonds is 6. The molecule has 1 rings (SSSR count). The highest BCUT2D eigenvalue weighted by atomic mass is 32.1. The molecular formula is C17H28N2OSSi. The number of amidine groups is 1. The summed E-state index contributed by atoms with van der Waals surface area (Å²) in [4.78, 5) is 5.36. The van der Waals surface area contributed by atoms with Crippen LogP contribution in [0.1, 0.15) is 38.1 Å². The fourth-order valence-corrected chi connectivity index (χ4v) is 3.35. The molecule has 0 aliphatic rings. The number of hydrogen-bond acceptors (Lipinski definition) is 3. The fourth-order valence-electron chi connectivity index (χ4n) is 1.49. The Kier molecular flexibility index (Phi) is 6.34. The minimum Gasteiger partial charge on any atom is -0.412 e. The smallest absolute Gasteiger partial charge is 0.192 e. The molecule has 0 aromatic carbocycles. The highest BCUT2D eigenvalue weighted by Crippen LogP contribution is 2.37. The predicted molar refractivity (Wildman–Crippen MR) is 102 cm³/mol. The van der Waals surface area contributed by atoms with Crippen LogP contribution >= 0.6 is 11.3 Å². The molecule has 3 nitrogen and oxygen atoms in total. The number of hydrogen-bond donors (Lipinski definition) is 1. The summed E-state index contributed by atoms with van der Waals surface area (Å²) in [5.74, 6) is 0.538. The third-order valence-corrected chi connectivity index (χ3v) is 9.38. The van der Waals surface area contributed by atoms with Crippen molar-refractivity contribution in [3.8, 4) is 0 Å². The van der Waals surface area contributed by atoms with Gasteiger partial charge in [-0.05, 0) is 42.1 Å². The summed E-state index contributed by atoms with van der Waals surface area (Å²) in [5, 5.41) is 2.34. The first-order valence-corrected chi connectivity index (χ1v) is 11.2. The van der Waals surface area contributed by atoms with Crippen molar-refractivity contribution in [3.05, 3.63) is 40.7 Å². The molecule has 5 heteroatoms. The van der Waals surface area contributed by atoms with Crippen molar-refractivity contribution in [2.45, 2.75) is 52.4 Å². The second-order valence-corrected chi connectivity index (χ2v) is 12.7. The summed E-state index contributed by atoms with van der Waals surface area (Å²) in [5.41, 5.74) is 7.66. The molecule has 0 spiro atoms. The van der Waals surface area contributed by atoms with E-state index in [2.05, 4.69) is 56.9 Å². The van der Waals surface area contributed by atoms with Crippen LogP contribution in [0.4, 0.5) is 0 Å². The van der Waals surface area contributed by atoms with E-state index in [4.69, 9.17) is 10.2 Å². The van der Waals surface area contributed by atoms with Crippen molar-refractivity contribution < 1.29 is 4.43 Å². The molecule has 0 unspecified atom stereocenters. The van der Waals surface area contributed by atoms with Crippen LogP contribution in [0.15, 0.2) is 35.3 Å². The molecule has 0 aliphatic heterocycles. The summed E-state index contributed by atoms with van der Waals surface area (Å²) < 4.78 is 6.26. The van der Waals surface area contributed by atoms with E-state index in [0.29, 0.717) is 12.4 Å². The maximum atomic E-state index is 6.26. The van der Waals surface area contributed by atoms with Gasteiger partial charge in [-0.15, -0.1) is 11.3 Å². The van der Waals surface area contributed by atoms with Gasteiger partial charge in [-0.1, -0.05) is 33.4 Å². The van der Waals surface area contributed by atoms with Crippen molar-refractivity contribution in [2.75, 3.05) is 0 Å². The van der Waals surface area contributed by atoms with Crippen molar-refractivity contribution in [1.29, 1.82) is 0 Å². The van der Waals surface area contributed by atoms with E-state index in [1.807, 2.05) is 0 Å². The van der Waals surface area contributed by atoms with Crippen LogP contribution < -0.4 is 5.73 Å². The normalized spacial score (nSPS) is 14.3. The lowest BCUT2D eigenvalue weighted by atomic mass is 10.1. The SMILES string of the molecule is C=C/C(=C\N=C(C)N)c1csc(CO[Si](C)(C)C(C)(C)C)c1. The van der Waals surface area contributed by atoms with Gasteiger partial charge >= 0.3 is 0 Å². The van der Waals surface area contributed by atoms with E-state index in [9.17, 15) is 0 Å². The predicted octanol–water partition coefficient (Wildman–Crippen LogP) is 5.17. The van der Waals surface area contributed by atoms with Crippen molar-refractivity contribution >= 4 is 31.1 Å². The lowest BCUT2D eigenvalue weighted by Gasteiger charge is -2.36. The quantitative estimate of drug-likeness (QED) is 0.337. The molecule has 1 aromatic rings. The summed E-state index contributed by atoms with van der Waals surface area (Å²) in [7, 11) is -1.71. The molecular weight excluding hydrogens is 308 g/mol. The molecule has 0 amide bonds. The van der Waals surface area contributed by atoms with Gasteiger partial charge in [0.05, 0.1) is 12.4 Å². The topological polar surface area (TPSA) is 47.6 Å². The Labute approximate surface area is 139 Å². The maximum absolute atomic E-state index is 6.26. The minimum atomic E-state index is -1.71. The summed E-state index contributed by atoms with van der Waals surface area (Å²) in [6.07, 6.45) is 3.55. The number of thiophene rings is 1. The van der Waals surface area contributed by atoms with Gasteiger partial charge in [-0.3, -0.25) is 0 Å². The van der Waals surface area contributed by atoms with Crippen LogP contribution in [0.3, 0.4) is 0 Å². The zero-order chi connectivity index (χ0) is 17.0. The summed E-state index contributed by atoms with van der Waals surface area (Å²) in [6, 6.07) is 2.15. The molecule has 22 heavy (non-hydrogen) atoms. The van der Waals surface area contributed by atoms with Crippen LogP contribution in [0.25, 0.3) is 5.57 Å². The minimum absolute atomic E-state index is 0.229. The number of nitrogens with two attached hydrogens (primary N) is 1. The first-order chi connectivity index (χ1) is 10.1. The molecule has 122 valence electrons. The van der Waals surface area contributed by atoms with E-state index in [1.54, 1.807) is 30.5 Å². The molecule has 0 saturated heterocycles. The summed E-state index contributed by atoms with van der Waals surface area (Å²) in [6.45, 7) is 17.6. The number of aliphatic imine (C=N–C) groups is 1. The van der Waals surface area contributed by atoms with Crippen molar-refractivity contribution in [3.63, 3.8) is 0 Å². The average molecular weight is 337 g/mol. The lowest BCUT2D eigenvalue weighted by molar-refractivity contribution is 0.279. The van der Waals surface area contributed by atoms with E-state index in [1.165, 1.54) is 4.88 Å². The first kappa shape index (κ1) is 18.9. The fraction of sp³-hybridized carbons (Fsp3) is 0.471. The molecule has 0 saturated carbocycles. The Bertz CT molecular complexity index is 576. The van der Waals surface area contributed by atoms with Crippen LogP contribution in [0.2, 0.25) is 18.1 Å². The van der Waals surface area contributed by atoms with Gasteiger partial charge in [-0.2, -0.15) is 0 Å². The Morgan fingerprint density at radius 3 is 2.59 bits per heavy atom. The Hall–Kier alpha value is -1.17. The van der Waals surface area contributed by atoms with Crippen LogP contribution in [-0.2, 0) is 11.0 Å². The third kappa shape index (κ3) is 5.23. The standard InChI is InChI=1S/C17H28N2OSSi/c1-8-14(10-19-13(2)18)15-9-16(21-12-15)11-20-22(6,7)17(3,4)5/h8-10,12H,1,11H2,2-7H3,(H2,18,19)/b14-10+. The van der Waals surface area contributed by atoms with Gasteiger partial charge in [0.1, 0.15) is 0 Å². The highest BCUT2D eigenvalue weighted by Gasteiger charge is 2.37. The zero-order valence-electron chi connectivity index (χ0n) is 14.6. The van der Waals surface area contributed by atoms with Crippen LogP contribution in [0, 0.1) is 0 Å². The van der Waals surface area contributed by atoms with E-state index in [0.717, 1.165) is 11.1 Å². The monoisotopic (exact) mass is 336 g/mol. The molecule has 2 N–H and O–H groups in total. The van der Waals surface area contributed by atoms with Crippen molar-refractivity contribution in [2.24, 2.45) is 10.7 Å². The zero-order valence-corrected chi connectivity index (χ0v) is 16.4. The second-order valence-electron chi connectivity index (χ2n) is 6.91. The van der Waals surface area contributed by atoms with Gasteiger partial charge in [0.25, 0.3) is 0 Å². The molecule has 0 fully saturated rings.